The first-order valence-corrected chi connectivity index (χ1v) is 29.9. The zero-order chi connectivity index (χ0) is 67.1. The van der Waals surface area contributed by atoms with Crippen LogP contribution in [-0.4, -0.2) is 179 Å². The summed E-state index contributed by atoms with van der Waals surface area (Å²) in [6.45, 7) is 21.4. The fourth-order valence-electron chi connectivity index (χ4n) is 9.35. The van der Waals surface area contributed by atoms with Crippen LogP contribution in [0.3, 0.4) is 0 Å². The van der Waals surface area contributed by atoms with E-state index in [0.717, 1.165) is 0 Å². The van der Waals surface area contributed by atoms with E-state index in [4.69, 9.17) is 17.2 Å². The Kier molecular flexibility index (Phi) is 32.9. The van der Waals surface area contributed by atoms with Gasteiger partial charge in [-0.1, -0.05) is 127 Å². The number of aliphatic hydroxyl groups excluding tert-OH is 3. The molecule has 20 N–H and O–H groups in total. The zero-order valence-corrected chi connectivity index (χ0v) is 53.5. The summed E-state index contributed by atoms with van der Waals surface area (Å²) in [5.74, 6) is -13.0. The zero-order valence-electron chi connectivity index (χ0n) is 53.5. The van der Waals surface area contributed by atoms with E-state index in [1.54, 1.807) is 54.5 Å². The average Bonchev–Trinajstić information content (AvgIpc) is 1.26. The van der Waals surface area contributed by atoms with Crippen molar-refractivity contribution in [2.24, 2.45) is 50.8 Å². The van der Waals surface area contributed by atoms with Crippen LogP contribution >= 0.6 is 0 Å². The molecule has 0 aromatic heterocycles. The van der Waals surface area contributed by atoms with Gasteiger partial charge in [-0.05, 0) is 80.1 Å². The number of nitrogens with zero attached hydrogens (tertiary/aromatic N) is 1. The van der Waals surface area contributed by atoms with Crippen molar-refractivity contribution < 1.29 is 68.1 Å². The second kappa shape index (κ2) is 36.9. The van der Waals surface area contributed by atoms with Gasteiger partial charge in [-0.3, -0.25) is 57.7 Å². The molecule has 1 heterocycles. The molecule has 14 atom stereocenters. The Morgan fingerprint density at radius 3 is 1.72 bits per heavy atom. The Hall–Kier alpha value is -7.50. The van der Waals surface area contributed by atoms with Gasteiger partial charge in [-0.25, -0.2) is 0 Å². The number of carbonyl (C=O) groups is 11. The maximum absolute atomic E-state index is 15.4. The molecule has 504 valence electrons. The first kappa shape index (κ1) is 79.5. The molecule has 1 unspecified atom stereocenters. The lowest BCUT2D eigenvalue weighted by molar-refractivity contribution is -0.139. The number of benzene rings is 1. The van der Waals surface area contributed by atoms with Crippen LogP contribution in [0.15, 0.2) is 35.3 Å². The van der Waals surface area contributed by atoms with Crippen molar-refractivity contribution in [2.45, 2.75) is 222 Å². The lowest BCUT2D eigenvalue weighted by atomic mass is 9.86. The molecule has 0 saturated carbocycles. The molecule has 0 spiro atoms. The fraction of sp³-hybridized carbons (Fsp3) is 0.700. The summed E-state index contributed by atoms with van der Waals surface area (Å²) in [4.78, 5) is 161. The maximum atomic E-state index is 15.4. The van der Waals surface area contributed by atoms with Gasteiger partial charge in [0.25, 0.3) is 0 Å². The molecular weight excluding hydrogens is 1150 g/mol. The highest BCUT2D eigenvalue weighted by Crippen LogP contribution is 2.25. The van der Waals surface area contributed by atoms with Crippen LogP contribution in [-0.2, 0) is 52.7 Å². The number of guanidine groups is 1. The number of aliphatic imine (C=N–C) groups is 1. The smallest absolute Gasteiger partial charge is 0.245 e. The maximum Gasteiger partial charge on any atom is 0.245 e. The van der Waals surface area contributed by atoms with E-state index in [1.807, 2.05) is 20.8 Å². The minimum absolute atomic E-state index is 0. The highest BCUT2D eigenvalue weighted by Gasteiger charge is 2.42. The van der Waals surface area contributed by atoms with Gasteiger partial charge in [0.2, 0.25) is 65.0 Å². The van der Waals surface area contributed by atoms with Crippen LogP contribution in [0.1, 0.15) is 154 Å². The third kappa shape index (κ3) is 27.4. The minimum Gasteiger partial charge on any atom is -0.394 e. The predicted octanol–water partition coefficient (Wildman–Crippen LogP) is -2.27. The van der Waals surface area contributed by atoms with Gasteiger partial charge in [-0.15, -0.1) is 0 Å². The third-order valence-electron chi connectivity index (χ3n) is 14.4. The van der Waals surface area contributed by atoms with Gasteiger partial charge in [-0.2, -0.15) is 0 Å². The van der Waals surface area contributed by atoms with Gasteiger partial charge < -0.3 is 91.0 Å². The summed E-state index contributed by atoms with van der Waals surface area (Å²) < 4.78 is 0. The van der Waals surface area contributed by atoms with Crippen LogP contribution in [0.2, 0.25) is 0 Å². The van der Waals surface area contributed by atoms with Crippen molar-refractivity contribution in [1.29, 1.82) is 0 Å². The number of aliphatic hydroxyl groups is 3. The number of hydrogen-bond donors (Lipinski definition) is 17. The molecule has 2 rings (SSSR count). The standard InChI is InChI=1S/C59H101N15O14.CH4/c1-15-31(6)41-54(86)71-42(33(8)76)53(85)64-27-40(77)65-32(7)47(79)69-39(28-75)52(84)72-43(34-20-17-16-18-21-34)44(73-51(83)38(26-59(12,13)14)68-48(80)35(60)25-58(9,10)11)55(87)74-45(46(78)30(4)5)56(88)67-37(24-29(2)3)50(82)66-36(49(81)70-41)22-19-23-63-57(61)62;/h16-18,20-21,29-33,35-39,41-46,75-76,78H,15,19,22-28,60H2,1-14H3,(H,64,85)(H,65,77)(H,66,82)(H,67,88)(H,68,80)(H,69,79)(H,70,81)(H,71,86)(H,72,84)(H,73,83)(H,74,87)(H4,61,62,63);1H4/t31-,32?,33-,35+,36+,37-,38-,39-,41-,42-,43+,44-,45-,46+;/m0./s1. The van der Waals surface area contributed by atoms with Crippen LogP contribution in [0.4, 0.5) is 0 Å². The molecule has 1 aliphatic rings. The number of amides is 11. The predicted molar refractivity (Wildman–Crippen MR) is 335 cm³/mol. The second-order valence-electron chi connectivity index (χ2n) is 25.9. The minimum atomic E-state index is -1.99. The van der Waals surface area contributed by atoms with Crippen molar-refractivity contribution in [2.75, 3.05) is 19.7 Å². The largest absolute Gasteiger partial charge is 0.394 e. The molecule has 29 nitrogen and oxygen atoms in total. The Labute approximate surface area is 523 Å². The summed E-state index contributed by atoms with van der Waals surface area (Å²) in [6.07, 6.45) is -3.00. The molecule has 29 heteroatoms. The highest BCUT2D eigenvalue weighted by molar-refractivity contribution is 5.99. The normalized spacial score (nSPS) is 24.7. The lowest BCUT2D eigenvalue weighted by Gasteiger charge is -2.35. The number of hydrogen-bond acceptors (Lipinski definition) is 16. The van der Waals surface area contributed by atoms with Gasteiger partial charge in [0.1, 0.15) is 54.4 Å². The summed E-state index contributed by atoms with van der Waals surface area (Å²) in [7, 11) is 0. The van der Waals surface area contributed by atoms with Crippen LogP contribution < -0.4 is 75.7 Å². The molecule has 89 heavy (non-hydrogen) atoms. The quantitative estimate of drug-likeness (QED) is 0.0394. The monoisotopic (exact) mass is 1260 g/mol. The number of nitrogens with one attached hydrogen (secondary N) is 11. The Bertz CT molecular complexity index is 2570. The topological polar surface area (TPSA) is 471 Å². The second-order valence-corrected chi connectivity index (χ2v) is 25.9. The molecule has 1 fully saturated rings. The van der Waals surface area contributed by atoms with Crippen molar-refractivity contribution in [1.82, 2.24) is 58.5 Å². The van der Waals surface area contributed by atoms with Gasteiger partial charge >= 0.3 is 0 Å². The summed E-state index contributed by atoms with van der Waals surface area (Å²) in [5, 5.41) is 61.2. The van der Waals surface area contributed by atoms with Crippen molar-refractivity contribution in [3.63, 3.8) is 0 Å². The van der Waals surface area contributed by atoms with Gasteiger partial charge in [0.15, 0.2) is 5.96 Å². The van der Waals surface area contributed by atoms with E-state index in [-0.39, 0.29) is 69.9 Å². The van der Waals surface area contributed by atoms with E-state index in [0.29, 0.717) is 0 Å². The van der Waals surface area contributed by atoms with Crippen molar-refractivity contribution in [3.8, 4) is 0 Å². The first-order chi connectivity index (χ1) is 40.8. The third-order valence-corrected chi connectivity index (χ3v) is 14.4. The van der Waals surface area contributed by atoms with Crippen molar-refractivity contribution >= 4 is 70.9 Å². The molecule has 0 aliphatic carbocycles. The van der Waals surface area contributed by atoms with E-state index < -0.39 is 179 Å². The fourth-order valence-corrected chi connectivity index (χ4v) is 9.35. The average molecular weight is 1260 g/mol. The van der Waals surface area contributed by atoms with Gasteiger partial charge in [0, 0.05) is 6.54 Å². The Morgan fingerprint density at radius 2 is 1.19 bits per heavy atom. The Balaban J connectivity index is 0.0000396. The van der Waals surface area contributed by atoms with E-state index in [2.05, 4.69) is 63.5 Å². The van der Waals surface area contributed by atoms with E-state index in [9.17, 15) is 63.3 Å². The van der Waals surface area contributed by atoms with Crippen molar-refractivity contribution in [3.05, 3.63) is 35.9 Å². The highest BCUT2D eigenvalue weighted by atomic mass is 16.3. The summed E-state index contributed by atoms with van der Waals surface area (Å²) in [6, 6.07) is -9.84. The lowest BCUT2D eigenvalue weighted by Crippen LogP contribution is -2.65. The molecule has 1 aliphatic heterocycles. The molecule has 11 amide bonds. The van der Waals surface area contributed by atoms with E-state index >= 15 is 4.79 Å². The molecular formula is C60H105N15O14. The molecule has 1 aromatic rings. The molecule has 1 saturated heterocycles. The molecule has 0 radical (unpaired) electrons. The van der Waals surface area contributed by atoms with Crippen LogP contribution in [0.25, 0.3) is 0 Å². The molecule has 1 aromatic carbocycles. The van der Waals surface area contributed by atoms with E-state index in [1.165, 1.54) is 52.0 Å². The summed E-state index contributed by atoms with van der Waals surface area (Å²) in [5.41, 5.74) is 16.5. The first-order valence-electron chi connectivity index (χ1n) is 29.9. The van der Waals surface area contributed by atoms with Crippen LogP contribution in [0.5, 0.6) is 0 Å². The Morgan fingerprint density at radius 1 is 0.663 bits per heavy atom. The molecule has 0 bridgehead atoms. The SMILES string of the molecule is C.CC[C@H](C)[C@@H]1NC(=O)[C@@H](CCCN=C(N)N)NC(=O)[C@H](CC(C)C)NC(=O)[C@H]([C@H](O)C(C)C)NC(=O)[C@@H](NC(=O)[C@H](CC(C)(C)C)NC(=O)[C@H](N)CC(C)(C)C)[C@@H](c2ccccc2)NC(=O)[C@H](CO)NC(=O)C(C)NC(=O)CNC(=O)[C@H]([C@H](C)O)NC1=O. The van der Waals surface area contributed by atoms with Crippen LogP contribution in [0, 0.1) is 28.6 Å². The number of rotatable bonds is 19. The number of carbonyl (C=O) groups excluding carboxylic acids is 11. The summed E-state index contributed by atoms with van der Waals surface area (Å²) >= 11 is 0. The van der Waals surface area contributed by atoms with Gasteiger partial charge in [0.05, 0.1) is 37.4 Å². The number of nitrogens with two attached hydrogens (primary N) is 3.